The number of nitrogens with zero attached hydrogens (tertiary/aromatic N) is 2. The predicted molar refractivity (Wildman–Crippen MR) is 179 cm³/mol. The maximum absolute atomic E-state index is 11.7. The molecule has 4 aromatic carbocycles. The predicted octanol–water partition coefficient (Wildman–Crippen LogP) is 3.55. The summed E-state index contributed by atoms with van der Waals surface area (Å²) in [6.07, 6.45) is 5.71. The first-order chi connectivity index (χ1) is 22.1. The van der Waals surface area contributed by atoms with E-state index in [1.54, 1.807) is 6.92 Å². The van der Waals surface area contributed by atoms with Crippen LogP contribution < -0.4 is 43.8 Å². The van der Waals surface area contributed by atoms with Crippen molar-refractivity contribution in [3.63, 3.8) is 0 Å². The Morgan fingerprint density at radius 3 is 2.43 bits per heavy atom. The first-order valence-electron chi connectivity index (χ1n) is 15.4. The zero-order valence-corrected chi connectivity index (χ0v) is 30.3. The van der Waals surface area contributed by atoms with E-state index in [2.05, 4.69) is 6.07 Å². The molecule has 0 bridgehead atoms. The monoisotopic (exact) mass is 682 g/mol. The van der Waals surface area contributed by atoms with Gasteiger partial charge in [0.1, 0.15) is 0 Å². The molecular weight excluding hydrogens is 648 g/mol. The van der Waals surface area contributed by atoms with Crippen LogP contribution >= 0.6 is 0 Å². The molecule has 0 saturated carbocycles. The van der Waals surface area contributed by atoms with Gasteiger partial charge in [-0.05, 0) is 65.3 Å². The van der Waals surface area contributed by atoms with Gasteiger partial charge in [0.25, 0.3) is 5.52 Å². The second kappa shape index (κ2) is 15.0. The van der Waals surface area contributed by atoms with Crippen molar-refractivity contribution in [1.82, 2.24) is 0 Å². The molecule has 240 valence electrons. The van der Waals surface area contributed by atoms with Gasteiger partial charge in [-0.2, -0.15) is 4.57 Å². The van der Waals surface area contributed by atoms with E-state index >= 15 is 0 Å². The fraction of sp³-hybridized carbons (Fsp3) is 0.286. The normalized spacial score (nSPS) is 15.6. The third kappa shape index (κ3) is 8.00. The topological polar surface area (TPSA) is 127 Å². The molecule has 12 heteroatoms. The molecule has 47 heavy (non-hydrogen) atoms. The van der Waals surface area contributed by atoms with E-state index in [4.69, 9.17) is 9.15 Å². The van der Waals surface area contributed by atoms with E-state index in [1.807, 2.05) is 95.3 Å². The number of anilines is 1. The molecule has 0 amide bonds. The molecule has 0 radical (unpaired) electrons. The maximum Gasteiger partial charge on any atom is 1.00 e. The molecule has 2 heterocycles. The number of hydrogen-bond donors (Lipinski definition) is 0. The van der Waals surface area contributed by atoms with Crippen LogP contribution in [0.3, 0.4) is 0 Å². The standard InChI is InChI=1S/C35H36N2O7S2.Na/c1-3-25(21-34-37(18-16-24(2)45(38)39)35-29-13-7-6-10-26(29)14-15-31(35)43-34)20-33-36(17-8-9-19-46(40,41)42)30-22-27-11-4-5-12-28(27)23-32(30)44-33;/h4-7,10-15,20-24H,3,8-9,16-19H2,1-2H3,(H-,38,39,40,41,42);/q;+1/p-1. The minimum Gasteiger partial charge on any atom is -0.772 e. The Kier molecular flexibility index (Phi) is 11.3. The molecule has 2 atom stereocenters. The van der Waals surface area contributed by atoms with Crippen molar-refractivity contribution in [1.29, 1.82) is 0 Å². The van der Waals surface area contributed by atoms with Gasteiger partial charge >= 0.3 is 35.4 Å². The Labute approximate surface area is 299 Å². The van der Waals surface area contributed by atoms with Crippen molar-refractivity contribution in [2.45, 2.75) is 51.3 Å². The molecule has 6 rings (SSSR count). The Balaban J connectivity index is 0.00000433. The van der Waals surface area contributed by atoms with Crippen LogP contribution in [0.25, 0.3) is 38.7 Å². The van der Waals surface area contributed by atoms with E-state index in [9.17, 15) is 21.7 Å². The first-order valence-corrected chi connectivity index (χ1v) is 18.1. The smallest absolute Gasteiger partial charge is 0.772 e. The molecule has 1 aliphatic heterocycles. The van der Waals surface area contributed by atoms with Crippen molar-refractivity contribution in [3.05, 3.63) is 96.2 Å². The number of benzene rings is 4. The molecule has 0 aliphatic carbocycles. The van der Waals surface area contributed by atoms with E-state index in [0.717, 1.165) is 38.3 Å². The number of ether oxygens (including phenoxy) is 1. The van der Waals surface area contributed by atoms with Crippen LogP contribution in [0.1, 0.15) is 45.4 Å². The van der Waals surface area contributed by atoms with Gasteiger partial charge in [0.15, 0.2) is 12.3 Å². The molecular formula is C35H35N2NaO7S2. The summed E-state index contributed by atoms with van der Waals surface area (Å²) in [4.78, 5) is 2.02. The Morgan fingerprint density at radius 1 is 1.02 bits per heavy atom. The van der Waals surface area contributed by atoms with Crippen LogP contribution in [0, 0.1) is 0 Å². The zero-order valence-electron chi connectivity index (χ0n) is 26.7. The van der Waals surface area contributed by atoms with Crippen molar-refractivity contribution >= 4 is 65.6 Å². The largest absolute Gasteiger partial charge is 1.00 e. The van der Waals surface area contributed by atoms with Crippen LogP contribution in [-0.4, -0.2) is 39.3 Å². The van der Waals surface area contributed by atoms with Gasteiger partial charge in [-0.15, -0.1) is 0 Å². The van der Waals surface area contributed by atoms with Gasteiger partial charge in [-0.25, -0.2) is 8.42 Å². The number of fused-ring (bicyclic) bond motifs is 5. The summed E-state index contributed by atoms with van der Waals surface area (Å²) < 4.78 is 71.9. The molecule has 9 nitrogen and oxygen atoms in total. The van der Waals surface area contributed by atoms with Crippen LogP contribution in [-0.2, 0) is 27.7 Å². The third-order valence-electron chi connectivity index (χ3n) is 8.35. The number of rotatable bonds is 12. The molecule has 1 aliphatic rings. The number of aryl methyl sites for hydroxylation is 1. The van der Waals surface area contributed by atoms with Crippen molar-refractivity contribution in [2.24, 2.45) is 0 Å². The Bertz CT molecular complexity index is 2130. The van der Waals surface area contributed by atoms with Gasteiger partial charge in [-0.3, -0.25) is 4.21 Å². The second-order valence-corrected chi connectivity index (χ2v) is 14.4. The van der Waals surface area contributed by atoms with Crippen molar-refractivity contribution in [3.8, 4) is 5.75 Å². The first kappa shape index (κ1) is 35.3. The van der Waals surface area contributed by atoms with E-state index in [0.29, 0.717) is 55.5 Å². The SMILES string of the molecule is CCC(=Cc1oc2ccc3ccccc3c2[n+]1CCC(C)S(=O)[O-])C=C1Oc2cc3ccccc3cc2N1CCCCS(=O)(=O)[O-].[Na+]. The summed E-state index contributed by atoms with van der Waals surface area (Å²) in [6, 6.07) is 24.1. The maximum atomic E-state index is 11.7. The zero-order chi connectivity index (χ0) is 32.4. The Hall–Kier alpha value is -3.03. The molecule has 0 saturated heterocycles. The number of hydrogen-bond acceptors (Lipinski definition) is 8. The third-order valence-corrected chi connectivity index (χ3v) is 10.0. The summed E-state index contributed by atoms with van der Waals surface area (Å²) in [6.45, 7) is 4.64. The van der Waals surface area contributed by atoms with Gasteiger partial charge in [0.2, 0.25) is 11.5 Å². The van der Waals surface area contributed by atoms with E-state index in [-0.39, 0.29) is 36.0 Å². The van der Waals surface area contributed by atoms with Gasteiger partial charge < -0.3 is 23.2 Å². The summed E-state index contributed by atoms with van der Waals surface area (Å²) in [5.74, 6) is 1.47. The minimum absolute atomic E-state index is 0. The summed E-state index contributed by atoms with van der Waals surface area (Å²) in [7, 11) is -4.30. The number of unbranched alkanes of at least 4 members (excludes halogenated alkanes) is 1. The van der Waals surface area contributed by atoms with Gasteiger partial charge in [0, 0.05) is 30.0 Å². The van der Waals surface area contributed by atoms with Gasteiger partial charge in [0.05, 0.1) is 27.3 Å². The van der Waals surface area contributed by atoms with Crippen molar-refractivity contribution in [2.75, 3.05) is 17.2 Å². The second-order valence-electron chi connectivity index (χ2n) is 11.5. The van der Waals surface area contributed by atoms with Crippen LogP contribution in [0.2, 0.25) is 0 Å². The van der Waals surface area contributed by atoms with Crippen molar-refractivity contribution < 1.29 is 65.0 Å². The Morgan fingerprint density at radius 2 is 1.72 bits per heavy atom. The fourth-order valence-corrected chi connectivity index (χ4v) is 6.70. The number of oxazole rings is 1. The van der Waals surface area contributed by atoms with Gasteiger partial charge in [-0.1, -0.05) is 73.5 Å². The quantitative estimate of drug-likeness (QED) is 0.0643. The summed E-state index contributed by atoms with van der Waals surface area (Å²) in [5.41, 5.74) is 3.39. The average Bonchev–Trinajstić information content (AvgIpc) is 3.56. The number of aromatic nitrogens is 1. The van der Waals surface area contributed by atoms with Crippen LogP contribution in [0.5, 0.6) is 5.75 Å². The summed E-state index contributed by atoms with van der Waals surface area (Å²) in [5, 5.41) is 3.64. The van der Waals surface area contributed by atoms with E-state index < -0.39 is 32.2 Å². The molecule has 1 aromatic heterocycles. The molecule has 5 aromatic rings. The van der Waals surface area contributed by atoms with Crippen LogP contribution in [0.15, 0.2) is 94.7 Å². The molecule has 0 N–H and O–H groups in total. The molecule has 0 spiro atoms. The van der Waals surface area contributed by atoms with E-state index in [1.165, 1.54) is 0 Å². The summed E-state index contributed by atoms with van der Waals surface area (Å²) >= 11 is -2.19. The fourth-order valence-electron chi connectivity index (χ4n) is 5.85. The van der Waals surface area contributed by atoms with Crippen LogP contribution in [0.4, 0.5) is 5.69 Å². The number of allylic oxidation sites excluding steroid dienone is 2. The molecule has 0 fully saturated rings. The minimum atomic E-state index is -4.30. The average molecular weight is 683 g/mol. The molecule has 2 unspecified atom stereocenters.